The summed E-state index contributed by atoms with van der Waals surface area (Å²) < 4.78 is 83.5. The predicted molar refractivity (Wildman–Crippen MR) is 577 cm³/mol. The van der Waals surface area contributed by atoms with Crippen LogP contribution in [0.5, 0.6) is 0 Å². The van der Waals surface area contributed by atoms with E-state index in [1.54, 1.807) is 125 Å². The Morgan fingerprint density at radius 1 is 0.287 bits per heavy atom. The van der Waals surface area contributed by atoms with Crippen LogP contribution in [0.1, 0.15) is 184 Å². The molecule has 0 radical (unpaired) electrons. The van der Waals surface area contributed by atoms with Gasteiger partial charge in [-0.3, -0.25) is 76.7 Å². The number of hydrogen-bond donors (Lipinski definition) is 8. The van der Waals surface area contributed by atoms with E-state index in [2.05, 4.69) is 55.7 Å². The van der Waals surface area contributed by atoms with Gasteiger partial charge in [0.25, 0.3) is 0 Å². The van der Waals surface area contributed by atoms with Crippen molar-refractivity contribution in [2.45, 2.75) is 205 Å². The van der Waals surface area contributed by atoms with Crippen molar-refractivity contribution in [3.63, 3.8) is 0 Å². The highest BCUT2D eigenvalue weighted by Gasteiger charge is 2.48. The van der Waals surface area contributed by atoms with Crippen LogP contribution in [0.15, 0.2) is 0 Å². The van der Waals surface area contributed by atoms with Crippen LogP contribution in [0.25, 0.3) is 0 Å². The fourth-order valence-electron chi connectivity index (χ4n) is 13.2. The summed E-state index contributed by atoms with van der Waals surface area (Å²) in [7, 11) is 6.01. The molecular weight excluding hydrogens is 2020 g/mol. The smallest absolute Gasteiger partial charge is 0.315 e. The average Bonchev–Trinajstić information content (AvgIpc) is 0.848. The molecule has 828 valence electrons. The second-order valence-corrected chi connectivity index (χ2v) is 56.0. The molecule has 0 saturated heterocycles. The van der Waals surface area contributed by atoms with Crippen molar-refractivity contribution >= 4 is 173 Å². The van der Waals surface area contributed by atoms with Gasteiger partial charge in [-0.05, 0) is 220 Å². The van der Waals surface area contributed by atoms with Crippen molar-refractivity contribution < 1.29 is 143 Å². The normalized spacial score (nSPS) is 14.2. The van der Waals surface area contributed by atoms with Crippen molar-refractivity contribution in [3.8, 4) is 0 Å². The molecule has 47 heteroatoms. The zero-order chi connectivity index (χ0) is 109. The number of amides is 7. The van der Waals surface area contributed by atoms with E-state index < -0.39 is 266 Å². The third-order valence-electron chi connectivity index (χ3n) is 23.4. The van der Waals surface area contributed by atoms with E-state index in [0.29, 0.717) is 87.9 Å². The van der Waals surface area contributed by atoms with Gasteiger partial charge in [-0.1, -0.05) is 28.7 Å². The third-order valence-corrected chi connectivity index (χ3v) is 34.4. The molecule has 9 N–H and O–H groups in total. The Kier molecular flexibility index (Phi) is 66.5. The minimum Gasteiger partial charge on any atom is -0.464 e. The molecule has 0 heterocycles. The highest BCUT2D eigenvalue weighted by atomic mass is 31.1. The summed E-state index contributed by atoms with van der Waals surface area (Å²) in [5, 5.41) is 15.6. The Morgan fingerprint density at radius 3 is 0.797 bits per heavy atom. The average molecular weight is 2200 g/mol. The maximum Gasteiger partial charge on any atom is 0.315 e. The molecule has 0 bridgehead atoms. The van der Waals surface area contributed by atoms with Crippen LogP contribution in [-0.2, 0) is 143 Å². The lowest BCUT2D eigenvalue weighted by molar-refractivity contribution is -0.178. The van der Waals surface area contributed by atoms with Crippen LogP contribution >= 0.6 is 77.9 Å². The zero-order valence-corrected chi connectivity index (χ0v) is 99.6. The summed E-state index contributed by atoms with van der Waals surface area (Å²) in [6.45, 7) is 37.4. The molecule has 0 aromatic heterocycles. The number of carbonyl (C=O) groups is 16. The molecule has 7 amide bonds. The number of ether oxygens (including phenoxy) is 14. The lowest BCUT2D eigenvalue weighted by atomic mass is 9.88. The largest absolute Gasteiger partial charge is 0.464 e. The number of rotatable bonds is 81. The van der Waals surface area contributed by atoms with E-state index in [0.717, 1.165) is 0 Å². The first-order chi connectivity index (χ1) is 66.5. The van der Waals surface area contributed by atoms with Gasteiger partial charge in [0.1, 0.15) is 79.3 Å². The molecule has 0 aliphatic heterocycles. The Labute approximate surface area is 867 Å². The van der Waals surface area contributed by atoms with Crippen LogP contribution in [-0.4, -0.2) is 376 Å². The van der Waals surface area contributed by atoms with Gasteiger partial charge in [-0.15, -0.1) is 70.0 Å². The minimum absolute atomic E-state index is 0.0121. The van der Waals surface area contributed by atoms with Crippen LogP contribution in [0.4, 0.5) is 0 Å². The lowest BCUT2D eigenvalue weighted by Gasteiger charge is -2.36. The molecule has 143 heavy (non-hydrogen) atoms. The first-order valence-electron chi connectivity index (χ1n) is 48.8. The van der Waals surface area contributed by atoms with E-state index in [-0.39, 0.29) is 136 Å². The van der Waals surface area contributed by atoms with Gasteiger partial charge in [0.2, 0.25) is 41.4 Å². The maximum absolute atomic E-state index is 14.2. The van der Waals surface area contributed by atoms with Gasteiger partial charge in [-0.25, -0.2) is 0 Å². The van der Waals surface area contributed by atoms with Crippen LogP contribution in [0, 0.1) is 48.7 Å². The summed E-state index contributed by atoms with van der Waals surface area (Å²) in [4.78, 5) is 221. The minimum atomic E-state index is -1.55. The standard InChI is InChI=1S/C96H179N8O30P9/c1-27-140-89(14,15)80(117)131-61-95(56-126-75(112)84(4,5)34-44-135,57-127-76(113)85(6,7)35-45-136)54-124-47-73(110)99-38-31-69(106)103-50-93(52-122-43-40-101-71(108)33-41-121-42-36-97,49-102-68(105)30-37-98-72(109)46-123-53-94(58-128-77(114)86(8,9)65-137-22,59-129-78(115)87(10,11)66-138-23)60-130-79(116)88(12,13)67-139-24)51-104-70(107)32-39-100-74(111)48-125-55-96(62-132-81(118)90(16,17)141-28-2,63-133-82(119)91(18,19)142-29-3)64-134-83(120)92(20,21)143(25)26/h137-142H,27-67,97,135-136H2,1-26H3,(H,98,109)(H,99,110)(H,100,111)(H,101,108)(H,102,105)(H,103,106)(H,104,107). The van der Waals surface area contributed by atoms with Crippen molar-refractivity contribution in [1.82, 2.24) is 37.2 Å². The van der Waals surface area contributed by atoms with E-state index in [1.807, 2.05) is 54.1 Å². The lowest BCUT2D eigenvalue weighted by Crippen LogP contribution is -2.54. The monoisotopic (exact) mass is 2200 g/mol. The number of nitrogens with two attached hydrogens (primary N) is 1. The molecule has 9 unspecified atom stereocenters. The Bertz CT molecular complexity index is 3610. The van der Waals surface area contributed by atoms with Gasteiger partial charge in [0.05, 0.1) is 110 Å². The molecule has 38 nitrogen and oxygen atoms in total. The zero-order valence-electron chi connectivity index (χ0n) is 90.4. The molecule has 0 aromatic rings. The quantitative estimate of drug-likeness (QED) is 0.0125. The maximum atomic E-state index is 14.2. The van der Waals surface area contributed by atoms with Gasteiger partial charge >= 0.3 is 53.7 Å². The van der Waals surface area contributed by atoms with Crippen molar-refractivity contribution in [1.29, 1.82) is 0 Å². The second kappa shape index (κ2) is 68.9. The van der Waals surface area contributed by atoms with Gasteiger partial charge in [0, 0.05) is 83.5 Å². The fourth-order valence-corrected chi connectivity index (χ4v) is 21.5. The van der Waals surface area contributed by atoms with Gasteiger partial charge < -0.3 is 109 Å². The molecule has 0 aliphatic rings. The number of carbonyl (C=O) groups excluding carboxylic acids is 16. The molecule has 0 aromatic carbocycles. The summed E-state index contributed by atoms with van der Waals surface area (Å²) in [5.74, 6) is -9.62. The van der Waals surface area contributed by atoms with E-state index in [9.17, 15) is 76.7 Å². The Morgan fingerprint density at radius 2 is 0.538 bits per heavy atom. The fraction of sp³-hybridized carbons (Fsp3) is 0.833. The summed E-state index contributed by atoms with van der Waals surface area (Å²) >= 11 is 0. The van der Waals surface area contributed by atoms with Crippen LogP contribution in [0.2, 0.25) is 0 Å². The molecule has 0 rings (SSSR count). The molecule has 9 atom stereocenters. The van der Waals surface area contributed by atoms with E-state index in [1.165, 1.54) is 0 Å². The first-order valence-corrected chi connectivity index (χ1v) is 61.4. The molecule has 0 saturated carbocycles. The highest BCUT2D eigenvalue weighted by Crippen LogP contribution is 2.45. The van der Waals surface area contributed by atoms with Gasteiger partial charge in [0.15, 0.2) is 0 Å². The summed E-state index contributed by atoms with van der Waals surface area (Å²) in [6.07, 6.45) is 4.41. The van der Waals surface area contributed by atoms with Crippen molar-refractivity contribution in [2.75, 3.05) is 261 Å². The van der Waals surface area contributed by atoms with Crippen LogP contribution in [0.3, 0.4) is 0 Å². The third kappa shape index (κ3) is 55.1. The first kappa shape index (κ1) is 138. The number of esters is 9. The summed E-state index contributed by atoms with van der Waals surface area (Å²) in [6, 6.07) is 0. The van der Waals surface area contributed by atoms with Crippen molar-refractivity contribution in [2.24, 2.45) is 54.5 Å². The van der Waals surface area contributed by atoms with Gasteiger partial charge in [-0.2, -0.15) is 0 Å². The number of nitrogens with one attached hydrogen (secondary N) is 7. The van der Waals surface area contributed by atoms with E-state index in [4.69, 9.17) is 72.0 Å². The second-order valence-electron chi connectivity index (χ2n) is 41.9. The summed E-state index contributed by atoms with van der Waals surface area (Å²) in [5.41, 5.74) is -5.25. The topological polar surface area (TPSA) is 513 Å². The highest BCUT2D eigenvalue weighted by molar-refractivity contribution is 7.58. The molecule has 0 spiro atoms. The van der Waals surface area contributed by atoms with Crippen molar-refractivity contribution in [3.05, 3.63) is 0 Å². The van der Waals surface area contributed by atoms with E-state index >= 15 is 0 Å². The predicted octanol–water partition coefficient (Wildman–Crippen LogP) is 7.77. The SMILES string of the molecule is CCPC(C)(C)C(=O)OCC(COCC(=O)NCCC(=O)NCC(CNC(=O)CCNC(=O)COCC(COC(=O)C(C)(C)CPC)(COC(=O)C(C)(C)CPC)COC(=O)C(C)(C)CPC)(CNC(=O)CCNC(=O)COCC(COC(=O)C(C)(C)PCC)(COC(=O)C(C)(C)PCC)COC(=O)C(C)(C)P(C)C)COCCNC(=O)CCOCCN)(COC(=O)C(C)(C)CCP)COC(=O)C(C)(C)CCP. The number of hydrogen-bond acceptors (Lipinski definition) is 31. The Balaban J connectivity index is 7.96. The Hall–Kier alpha value is -4.85. The molecule has 0 aliphatic carbocycles. The molecule has 0 fully saturated rings. The van der Waals surface area contributed by atoms with Crippen LogP contribution < -0.4 is 43.0 Å². The molecular formula is C96H179N8O30P9.